The van der Waals surface area contributed by atoms with E-state index < -0.39 is 0 Å². The first-order chi connectivity index (χ1) is 15.5. The van der Waals surface area contributed by atoms with Crippen LogP contribution in [-0.4, -0.2) is 33.0 Å². The molecule has 0 spiro atoms. The molecule has 2 aromatic carbocycles. The molecule has 4 rings (SSSR count). The van der Waals surface area contributed by atoms with E-state index in [1.165, 1.54) is 11.8 Å². The summed E-state index contributed by atoms with van der Waals surface area (Å²) in [6.07, 6.45) is 0. The SMILES string of the molecule is CCOc1ccc(-n2c(SCC(=O)Nc3cc(Cl)cc(Cl)c3)nnc2-c2cccs2)cc1. The third-order valence-corrected chi connectivity index (χ3v) is 6.49. The normalized spacial score (nSPS) is 10.8. The largest absolute Gasteiger partial charge is 0.494 e. The van der Waals surface area contributed by atoms with Gasteiger partial charge in [0.05, 0.1) is 22.9 Å². The van der Waals surface area contributed by atoms with Crippen molar-refractivity contribution < 1.29 is 9.53 Å². The minimum absolute atomic E-state index is 0.143. The van der Waals surface area contributed by atoms with Crippen molar-refractivity contribution in [3.05, 3.63) is 70.0 Å². The van der Waals surface area contributed by atoms with E-state index in [2.05, 4.69) is 15.5 Å². The standard InChI is InChI=1S/C22H18Cl2N4O2S2/c1-2-30-18-7-5-17(6-8-18)28-21(19-4-3-9-31-19)26-27-22(28)32-13-20(29)25-16-11-14(23)10-15(24)12-16/h3-12H,2,13H2,1H3,(H,25,29). The highest BCUT2D eigenvalue weighted by Gasteiger charge is 2.18. The summed E-state index contributed by atoms with van der Waals surface area (Å²) in [5.41, 5.74) is 1.42. The van der Waals surface area contributed by atoms with Gasteiger partial charge in [0.1, 0.15) is 5.75 Å². The summed E-state index contributed by atoms with van der Waals surface area (Å²) < 4.78 is 7.49. The molecule has 0 saturated heterocycles. The highest BCUT2D eigenvalue weighted by atomic mass is 35.5. The summed E-state index contributed by atoms with van der Waals surface area (Å²) in [5, 5.41) is 15.0. The van der Waals surface area contributed by atoms with E-state index >= 15 is 0 Å². The average Bonchev–Trinajstić information content (AvgIpc) is 3.42. The number of aromatic nitrogens is 3. The number of hydrogen-bond donors (Lipinski definition) is 1. The maximum Gasteiger partial charge on any atom is 0.234 e. The van der Waals surface area contributed by atoms with Gasteiger partial charge < -0.3 is 10.1 Å². The van der Waals surface area contributed by atoms with Crippen molar-refractivity contribution in [1.82, 2.24) is 14.8 Å². The molecule has 0 saturated carbocycles. The number of thiophene rings is 1. The minimum Gasteiger partial charge on any atom is -0.494 e. The Hall–Kier alpha value is -2.52. The van der Waals surface area contributed by atoms with Gasteiger partial charge in [0.15, 0.2) is 11.0 Å². The summed E-state index contributed by atoms with van der Waals surface area (Å²) >= 11 is 14.9. The Labute approximate surface area is 203 Å². The van der Waals surface area contributed by atoms with Crippen LogP contribution in [0.3, 0.4) is 0 Å². The zero-order valence-electron chi connectivity index (χ0n) is 16.9. The summed E-state index contributed by atoms with van der Waals surface area (Å²) in [6.45, 7) is 2.54. The molecule has 0 aliphatic heterocycles. The Bertz CT molecular complexity index is 1190. The third kappa shape index (κ3) is 5.45. The lowest BCUT2D eigenvalue weighted by Gasteiger charge is -2.11. The molecule has 4 aromatic rings. The second-order valence-corrected chi connectivity index (χ2v) is 9.30. The summed E-state index contributed by atoms with van der Waals surface area (Å²) in [7, 11) is 0. The van der Waals surface area contributed by atoms with Crippen LogP contribution in [0.2, 0.25) is 10.0 Å². The molecule has 164 valence electrons. The lowest BCUT2D eigenvalue weighted by molar-refractivity contribution is -0.113. The third-order valence-electron chi connectivity index (χ3n) is 4.26. The average molecular weight is 505 g/mol. The lowest BCUT2D eigenvalue weighted by Crippen LogP contribution is -2.14. The van der Waals surface area contributed by atoms with Crippen molar-refractivity contribution in [2.24, 2.45) is 0 Å². The summed E-state index contributed by atoms with van der Waals surface area (Å²) in [6, 6.07) is 16.6. The molecule has 0 radical (unpaired) electrons. The van der Waals surface area contributed by atoms with Gasteiger partial charge in [-0.3, -0.25) is 9.36 Å². The highest BCUT2D eigenvalue weighted by molar-refractivity contribution is 7.99. The second-order valence-electron chi connectivity index (χ2n) is 6.54. The van der Waals surface area contributed by atoms with Crippen LogP contribution < -0.4 is 10.1 Å². The van der Waals surface area contributed by atoms with Crippen molar-refractivity contribution in [3.63, 3.8) is 0 Å². The molecule has 0 unspecified atom stereocenters. The van der Waals surface area contributed by atoms with Crippen LogP contribution in [0.25, 0.3) is 16.4 Å². The number of nitrogens with zero attached hydrogens (tertiary/aromatic N) is 3. The Kier molecular flexibility index (Phi) is 7.36. The van der Waals surface area contributed by atoms with Crippen molar-refractivity contribution in [3.8, 4) is 22.1 Å². The van der Waals surface area contributed by atoms with E-state index in [0.717, 1.165) is 16.3 Å². The first-order valence-electron chi connectivity index (χ1n) is 9.64. The monoisotopic (exact) mass is 504 g/mol. The van der Waals surface area contributed by atoms with Gasteiger partial charge in [0, 0.05) is 15.7 Å². The Morgan fingerprint density at radius 3 is 2.53 bits per heavy atom. The van der Waals surface area contributed by atoms with Crippen LogP contribution in [0, 0.1) is 0 Å². The highest BCUT2D eigenvalue weighted by Crippen LogP contribution is 2.31. The zero-order valence-corrected chi connectivity index (χ0v) is 20.1. The molecule has 2 heterocycles. The molecule has 0 fully saturated rings. The number of halogens is 2. The van der Waals surface area contributed by atoms with E-state index in [1.807, 2.05) is 53.3 Å². The second kappa shape index (κ2) is 10.4. The van der Waals surface area contributed by atoms with Gasteiger partial charge in [-0.25, -0.2) is 0 Å². The number of hydrogen-bond acceptors (Lipinski definition) is 6. The molecular formula is C22H18Cl2N4O2S2. The number of ether oxygens (including phenoxy) is 1. The van der Waals surface area contributed by atoms with Gasteiger partial charge in [0.25, 0.3) is 0 Å². The fourth-order valence-corrected chi connectivity index (χ4v) is 4.95. The fourth-order valence-electron chi connectivity index (χ4n) is 2.97. The number of thioether (sulfide) groups is 1. The summed E-state index contributed by atoms with van der Waals surface area (Å²) in [4.78, 5) is 13.5. The summed E-state index contributed by atoms with van der Waals surface area (Å²) in [5.74, 6) is 1.45. The van der Waals surface area contributed by atoms with E-state index in [-0.39, 0.29) is 11.7 Å². The molecule has 0 atom stereocenters. The number of anilines is 1. The van der Waals surface area contributed by atoms with Crippen LogP contribution in [0.5, 0.6) is 5.75 Å². The molecule has 10 heteroatoms. The van der Waals surface area contributed by atoms with Gasteiger partial charge in [0.2, 0.25) is 5.91 Å². The molecule has 0 aliphatic rings. The van der Waals surface area contributed by atoms with Crippen LogP contribution >= 0.6 is 46.3 Å². The fraction of sp³-hybridized carbons (Fsp3) is 0.136. The van der Waals surface area contributed by atoms with E-state index in [1.54, 1.807) is 29.5 Å². The van der Waals surface area contributed by atoms with Crippen molar-refractivity contribution in [1.29, 1.82) is 0 Å². The Morgan fingerprint density at radius 1 is 1.12 bits per heavy atom. The van der Waals surface area contributed by atoms with Crippen LogP contribution in [0.15, 0.2) is 65.1 Å². The predicted molar refractivity (Wildman–Crippen MR) is 132 cm³/mol. The minimum atomic E-state index is -0.202. The molecule has 6 nitrogen and oxygen atoms in total. The maximum atomic E-state index is 12.5. The van der Waals surface area contributed by atoms with Crippen LogP contribution in [0.1, 0.15) is 6.92 Å². The number of carbonyl (C=O) groups excluding carboxylic acids is 1. The lowest BCUT2D eigenvalue weighted by atomic mass is 10.3. The van der Waals surface area contributed by atoms with E-state index in [0.29, 0.717) is 33.3 Å². The molecule has 1 amide bonds. The molecule has 2 aromatic heterocycles. The first-order valence-corrected chi connectivity index (χ1v) is 12.3. The predicted octanol–water partition coefficient (Wildman–Crippen LogP) is 6.43. The molecule has 1 N–H and O–H groups in total. The van der Waals surface area contributed by atoms with Gasteiger partial charge in [-0.05, 0) is 60.8 Å². The van der Waals surface area contributed by atoms with Gasteiger partial charge >= 0.3 is 0 Å². The van der Waals surface area contributed by atoms with E-state index in [4.69, 9.17) is 27.9 Å². The van der Waals surface area contributed by atoms with Crippen LogP contribution in [-0.2, 0) is 4.79 Å². The smallest absolute Gasteiger partial charge is 0.234 e. The molecule has 0 aliphatic carbocycles. The van der Waals surface area contributed by atoms with Crippen molar-refractivity contribution in [2.75, 3.05) is 17.7 Å². The van der Waals surface area contributed by atoms with E-state index in [9.17, 15) is 4.79 Å². The maximum absolute atomic E-state index is 12.5. The van der Waals surface area contributed by atoms with Gasteiger partial charge in [-0.15, -0.1) is 21.5 Å². The van der Waals surface area contributed by atoms with Crippen molar-refractivity contribution in [2.45, 2.75) is 12.1 Å². The molecular weight excluding hydrogens is 487 g/mol. The topological polar surface area (TPSA) is 69.0 Å². The molecule has 32 heavy (non-hydrogen) atoms. The van der Waals surface area contributed by atoms with Gasteiger partial charge in [-0.2, -0.15) is 0 Å². The Balaban J connectivity index is 1.56. The van der Waals surface area contributed by atoms with Crippen LogP contribution in [0.4, 0.5) is 5.69 Å². The molecule has 0 bridgehead atoms. The number of rotatable bonds is 8. The quantitative estimate of drug-likeness (QED) is 0.280. The number of benzene rings is 2. The number of nitrogens with one attached hydrogen (secondary N) is 1. The van der Waals surface area contributed by atoms with Crippen molar-refractivity contribution >= 4 is 57.9 Å². The number of carbonyl (C=O) groups is 1. The first kappa shape index (κ1) is 22.7. The van der Waals surface area contributed by atoms with Gasteiger partial charge in [-0.1, -0.05) is 41.0 Å². The number of amides is 1. The zero-order chi connectivity index (χ0) is 22.5. The Morgan fingerprint density at radius 2 is 1.88 bits per heavy atom.